The maximum Gasteiger partial charge on any atom is 0.300 e. The lowest BCUT2D eigenvalue weighted by Crippen LogP contribution is -2.66. The van der Waals surface area contributed by atoms with Gasteiger partial charge in [0.05, 0.1) is 13.2 Å². The summed E-state index contributed by atoms with van der Waals surface area (Å²) in [6.07, 6.45) is 0. The second kappa shape index (κ2) is 10.9. The standard InChI is InChI=1S/C27H34O5SSi/c1-6-31-33(28,29)26-18-17-22(2)21-25(26)30-19-20-32-34(27(3,4)5,23-13-9-7-10-14-23)24-15-11-8-12-16-24/h7-18,21H,6,19-20H2,1-5H3. The smallest absolute Gasteiger partial charge is 0.300 e. The van der Waals surface area contributed by atoms with Gasteiger partial charge in [0.2, 0.25) is 0 Å². The van der Waals surface area contributed by atoms with Gasteiger partial charge in [0.25, 0.3) is 8.32 Å². The van der Waals surface area contributed by atoms with E-state index in [0.717, 1.165) is 5.56 Å². The van der Waals surface area contributed by atoms with Crippen molar-refractivity contribution in [3.8, 4) is 5.75 Å². The topological polar surface area (TPSA) is 61.8 Å². The highest BCUT2D eigenvalue weighted by atomic mass is 32.2. The van der Waals surface area contributed by atoms with Crippen LogP contribution in [0.15, 0.2) is 83.8 Å². The molecule has 7 heteroatoms. The Kier molecular flexibility index (Phi) is 8.36. The molecule has 0 heterocycles. The van der Waals surface area contributed by atoms with Gasteiger partial charge in [0, 0.05) is 0 Å². The maximum absolute atomic E-state index is 12.5. The van der Waals surface area contributed by atoms with Crippen molar-refractivity contribution in [1.29, 1.82) is 0 Å². The Hall–Kier alpha value is -2.45. The Labute approximate surface area is 205 Å². The molecular formula is C27H34O5SSi. The van der Waals surface area contributed by atoms with Crippen LogP contribution in [0.3, 0.4) is 0 Å². The number of ether oxygens (including phenoxy) is 1. The summed E-state index contributed by atoms with van der Waals surface area (Å²) in [5, 5.41) is 2.22. The molecule has 34 heavy (non-hydrogen) atoms. The van der Waals surface area contributed by atoms with Gasteiger partial charge in [-0.15, -0.1) is 0 Å². The van der Waals surface area contributed by atoms with E-state index >= 15 is 0 Å². The first kappa shape index (κ1) is 26.2. The molecule has 0 amide bonds. The van der Waals surface area contributed by atoms with Crippen LogP contribution in [0.4, 0.5) is 0 Å². The highest BCUT2D eigenvalue weighted by Crippen LogP contribution is 2.36. The zero-order valence-corrected chi connectivity index (χ0v) is 22.4. The van der Waals surface area contributed by atoms with E-state index in [0.29, 0.717) is 6.61 Å². The van der Waals surface area contributed by atoms with E-state index in [2.05, 4.69) is 45.0 Å². The SMILES string of the molecule is CCOS(=O)(=O)c1ccc(C)cc1OCCO[Si](c1ccccc1)(c1ccccc1)C(C)(C)C. The van der Waals surface area contributed by atoms with Crippen LogP contribution in [0.25, 0.3) is 0 Å². The summed E-state index contributed by atoms with van der Waals surface area (Å²) in [7, 11) is -6.57. The molecule has 0 fully saturated rings. The zero-order chi connectivity index (χ0) is 24.8. The first-order valence-corrected chi connectivity index (χ1v) is 14.8. The largest absolute Gasteiger partial charge is 0.490 e. The van der Waals surface area contributed by atoms with Crippen LogP contribution in [-0.4, -0.2) is 36.6 Å². The van der Waals surface area contributed by atoms with Crippen molar-refractivity contribution in [3.63, 3.8) is 0 Å². The van der Waals surface area contributed by atoms with E-state index in [-0.39, 0.29) is 28.9 Å². The van der Waals surface area contributed by atoms with Crippen molar-refractivity contribution in [3.05, 3.63) is 84.4 Å². The fourth-order valence-electron chi connectivity index (χ4n) is 4.26. The Morgan fingerprint density at radius 1 is 0.824 bits per heavy atom. The highest BCUT2D eigenvalue weighted by molar-refractivity contribution is 7.86. The van der Waals surface area contributed by atoms with Crippen LogP contribution >= 0.6 is 0 Å². The van der Waals surface area contributed by atoms with Crippen molar-refractivity contribution in [1.82, 2.24) is 0 Å². The first-order valence-electron chi connectivity index (χ1n) is 11.5. The van der Waals surface area contributed by atoms with E-state index in [1.54, 1.807) is 19.1 Å². The van der Waals surface area contributed by atoms with Crippen molar-refractivity contribution in [2.45, 2.75) is 44.6 Å². The molecule has 0 unspecified atom stereocenters. The summed E-state index contributed by atoms with van der Waals surface area (Å²) in [4.78, 5) is 0.0328. The molecule has 0 saturated heterocycles. The normalized spacial score (nSPS) is 12.5. The molecule has 0 saturated carbocycles. The summed E-state index contributed by atoms with van der Waals surface area (Å²) >= 11 is 0. The fraction of sp³-hybridized carbons (Fsp3) is 0.333. The Balaban J connectivity index is 1.90. The van der Waals surface area contributed by atoms with Crippen molar-refractivity contribution in [2.75, 3.05) is 19.8 Å². The summed E-state index contributed by atoms with van der Waals surface area (Å²) in [5.41, 5.74) is 0.901. The quantitative estimate of drug-likeness (QED) is 0.231. The molecule has 0 atom stereocenters. The van der Waals surface area contributed by atoms with E-state index in [1.165, 1.54) is 16.4 Å². The van der Waals surface area contributed by atoms with Gasteiger partial charge in [0.1, 0.15) is 17.3 Å². The number of benzene rings is 3. The van der Waals surface area contributed by atoms with Crippen molar-refractivity contribution >= 4 is 28.8 Å². The predicted octanol–water partition coefficient (Wildman–Crippen LogP) is 4.68. The number of aryl methyl sites for hydroxylation is 1. The molecule has 0 aromatic heterocycles. The highest BCUT2D eigenvalue weighted by Gasteiger charge is 2.50. The van der Waals surface area contributed by atoms with Crippen LogP contribution in [0, 0.1) is 6.92 Å². The molecule has 3 rings (SSSR count). The summed E-state index contributed by atoms with van der Waals surface area (Å²) < 4.78 is 42.8. The summed E-state index contributed by atoms with van der Waals surface area (Å²) in [6.45, 7) is 10.8. The average Bonchev–Trinajstić information content (AvgIpc) is 2.79. The summed E-state index contributed by atoms with van der Waals surface area (Å²) in [5.74, 6) is 0.277. The second-order valence-electron chi connectivity index (χ2n) is 9.17. The molecule has 0 radical (unpaired) electrons. The first-order chi connectivity index (χ1) is 16.1. The number of hydrogen-bond donors (Lipinski definition) is 0. The number of hydrogen-bond acceptors (Lipinski definition) is 5. The third-order valence-corrected chi connectivity index (χ3v) is 12.2. The minimum Gasteiger partial charge on any atom is -0.490 e. The van der Waals surface area contributed by atoms with Gasteiger partial charge in [-0.2, -0.15) is 8.42 Å². The van der Waals surface area contributed by atoms with Crippen molar-refractivity contribution in [2.24, 2.45) is 0 Å². The molecule has 0 aliphatic heterocycles. The third kappa shape index (κ3) is 5.60. The van der Waals surface area contributed by atoms with Gasteiger partial charge < -0.3 is 9.16 Å². The fourth-order valence-corrected chi connectivity index (χ4v) is 9.84. The second-order valence-corrected chi connectivity index (χ2v) is 15.1. The van der Waals surface area contributed by atoms with Gasteiger partial charge >= 0.3 is 10.1 Å². The Bertz CT molecular complexity index is 1130. The van der Waals surface area contributed by atoms with Crippen molar-refractivity contribution < 1.29 is 21.8 Å². The van der Waals surface area contributed by atoms with Crippen LogP contribution in [0.2, 0.25) is 5.04 Å². The number of rotatable bonds is 10. The molecule has 0 aliphatic carbocycles. The Morgan fingerprint density at radius 3 is 1.88 bits per heavy atom. The van der Waals surface area contributed by atoms with Gasteiger partial charge in [-0.1, -0.05) is 87.5 Å². The minimum absolute atomic E-state index is 0.0328. The minimum atomic E-state index is -3.89. The van der Waals surface area contributed by atoms with E-state index in [4.69, 9.17) is 13.3 Å². The predicted molar refractivity (Wildman–Crippen MR) is 139 cm³/mol. The summed E-state index contributed by atoms with van der Waals surface area (Å²) in [6, 6.07) is 25.7. The molecule has 0 N–H and O–H groups in total. The van der Waals surface area contributed by atoms with Gasteiger partial charge in [-0.25, -0.2) is 0 Å². The molecule has 3 aromatic carbocycles. The maximum atomic E-state index is 12.5. The third-order valence-electron chi connectivity index (χ3n) is 5.72. The molecule has 3 aromatic rings. The van der Waals surface area contributed by atoms with Gasteiger partial charge in [-0.05, 0) is 47.0 Å². The van der Waals surface area contributed by atoms with E-state index in [1.807, 2.05) is 43.3 Å². The van der Waals surface area contributed by atoms with Crippen LogP contribution in [0.5, 0.6) is 5.75 Å². The van der Waals surface area contributed by atoms with Crippen LogP contribution < -0.4 is 15.1 Å². The van der Waals surface area contributed by atoms with E-state index in [9.17, 15) is 8.42 Å². The molecule has 5 nitrogen and oxygen atoms in total. The average molecular weight is 499 g/mol. The molecule has 0 spiro atoms. The van der Waals surface area contributed by atoms with Crippen LogP contribution in [0.1, 0.15) is 33.3 Å². The van der Waals surface area contributed by atoms with Gasteiger partial charge in [-0.3, -0.25) is 4.18 Å². The van der Waals surface area contributed by atoms with Crippen LogP contribution in [-0.2, 0) is 18.7 Å². The molecule has 182 valence electrons. The lowest BCUT2D eigenvalue weighted by Gasteiger charge is -2.43. The monoisotopic (exact) mass is 498 g/mol. The van der Waals surface area contributed by atoms with E-state index < -0.39 is 18.4 Å². The molecule has 0 bridgehead atoms. The lowest BCUT2D eigenvalue weighted by atomic mass is 10.2. The zero-order valence-electron chi connectivity index (χ0n) is 20.6. The van der Waals surface area contributed by atoms with Gasteiger partial charge in [0.15, 0.2) is 0 Å². The lowest BCUT2D eigenvalue weighted by molar-refractivity contribution is 0.204. The molecule has 0 aliphatic rings. The molecular weight excluding hydrogens is 464 g/mol. The Morgan fingerprint density at radius 2 is 1.38 bits per heavy atom.